The topological polar surface area (TPSA) is 100 Å². The highest BCUT2D eigenvalue weighted by Crippen LogP contribution is 2.25. The molecule has 0 radical (unpaired) electrons. The Morgan fingerprint density at radius 3 is 1.26 bits per heavy atom. The molecule has 0 aliphatic rings. The number of hydrogen-bond donors (Lipinski definition) is 0. The first-order valence-electron chi connectivity index (χ1n) is 17.2. The number of halogens is 1. The van der Waals surface area contributed by atoms with Crippen molar-refractivity contribution in [3.63, 3.8) is 0 Å². The largest absolute Gasteiger partial charge is 0.461 e. The van der Waals surface area contributed by atoms with Crippen LogP contribution in [0.25, 0.3) is 33.4 Å². The number of esters is 3. The van der Waals surface area contributed by atoms with Gasteiger partial charge in [0, 0.05) is 0 Å². The standard InChI is InChI=1S/C45H36BrNO7/c1-51-47-29-41(53-44(49)38-25-19-35(20-26-38)32-13-7-3-8-14-32)42(54-45(50)39-27-21-36(22-28-39)33-15-9-4-10-16-33)40(46)30-52-43(48)37-23-17-34(18-24-37)31-11-5-2-6-12-31/h2-29,40-42H,30H2,1H3. The van der Waals surface area contributed by atoms with E-state index in [2.05, 4.69) is 21.1 Å². The van der Waals surface area contributed by atoms with Gasteiger partial charge in [-0.3, -0.25) is 0 Å². The minimum atomic E-state index is -1.26. The Hall–Kier alpha value is -6.32. The van der Waals surface area contributed by atoms with Gasteiger partial charge < -0.3 is 19.0 Å². The molecule has 6 rings (SSSR count). The Labute approximate surface area is 322 Å². The average Bonchev–Trinajstić information content (AvgIpc) is 3.24. The van der Waals surface area contributed by atoms with Gasteiger partial charge in [-0.05, 0) is 69.8 Å². The lowest BCUT2D eigenvalue weighted by molar-refractivity contribution is -0.0209. The van der Waals surface area contributed by atoms with Crippen molar-refractivity contribution in [2.45, 2.75) is 17.0 Å². The van der Waals surface area contributed by atoms with Crippen LogP contribution >= 0.6 is 15.9 Å². The van der Waals surface area contributed by atoms with Gasteiger partial charge in [0.05, 0.1) is 27.7 Å². The Bertz CT molecular complexity index is 2160. The molecular formula is C45H36BrNO7. The zero-order chi connectivity index (χ0) is 37.7. The van der Waals surface area contributed by atoms with E-state index in [1.165, 1.54) is 13.3 Å². The zero-order valence-electron chi connectivity index (χ0n) is 29.3. The maximum absolute atomic E-state index is 13.7. The summed E-state index contributed by atoms with van der Waals surface area (Å²) in [5, 5.41) is 3.86. The van der Waals surface area contributed by atoms with Crippen LogP contribution in [0, 0.1) is 0 Å². The summed E-state index contributed by atoms with van der Waals surface area (Å²) in [6, 6.07) is 50.2. The summed E-state index contributed by atoms with van der Waals surface area (Å²) in [6.07, 6.45) is -1.25. The van der Waals surface area contributed by atoms with E-state index >= 15 is 0 Å². The number of carbonyl (C=O) groups is 3. The van der Waals surface area contributed by atoms with E-state index in [4.69, 9.17) is 19.0 Å². The smallest absolute Gasteiger partial charge is 0.338 e. The first-order valence-corrected chi connectivity index (χ1v) is 18.1. The van der Waals surface area contributed by atoms with Crippen LogP contribution in [0.4, 0.5) is 0 Å². The second-order valence-corrected chi connectivity index (χ2v) is 13.3. The molecule has 8 nitrogen and oxygen atoms in total. The van der Waals surface area contributed by atoms with Crippen LogP contribution in [0.15, 0.2) is 169 Å². The van der Waals surface area contributed by atoms with Crippen LogP contribution in [0.3, 0.4) is 0 Å². The van der Waals surface area contributed by atoms with Gasteiger partial charge in [0.25, 0.3) is 0 Å². The van der Waals surface area contributed by atoms with E-state index in [0.717, 1.165) is 33.4 Å². The Morgan fingerprint density at radius 1 is 0.519 bits per heavy atom. The summed E-state index contributed by atoms with van der Waals surface area (Å²) >= 11 is 3.56. The fourth-order valence-corrected chi connectivity index (χ4v) is 6.20. The summed E-state index contributed by atoms with van der Waals surface area (Å²) in [6.45, 7) is -0.245. The first kappa shape index (κ1) is 37.4. The number of alkyl halides is 1. The van der Waals surface area contributed by atoms with Crippen LogP contribution in [0.1, 0.15) is 31.1 Å². The highest BCUT2D eigenvalue weighted by molar-refractivity contribution is 9.09. The number of hydrogen-bond acceptors (Lipinski definition) is 8. The van der Waals surface area contributed by atoms with Crippen molar-refractivity contribution in [3.8, 4) is 33.4 Å². The van der Waals surface area contributed by atoms with Crippen LogP contribution in [-0.4, -0.2) is 54.9 Å². The van der Waals surface area contributed by atoms with Crippen molar-refractivity contribution >= 4 is 40.1 Å². The molecule has 0 saturated heterocycles. The average molecular weight is 783 g/mol. The third-order valence-corrected chi connectivity index (χ3v) is 9.32. The monoisotopic (exact) mass is 781 g/mol. The molecule has 0 fully saturated rings. The Kier molecular flexibility index (Phi) is 12.8. The van der Waals surface area contributed by atoms with Gasteiger partial charge in [-0.1, -0.05) is 148 Å². The molecule has 0 amide bonds. The number of oxime groups is 1. The molecule has 0 aliphatic heterocycles. The predicted molar refractivity (Wildman–Crippen MR) is 213 cm³/mol. The summed E-state index contributed by atoms with van der Waals surface area (Å²) in [7, 11) is 1.34. The van der Waals surface area contributed by atoms with Crippen molar-refractivity contribution in [1.82, 2.24) is 0 Å². The molecule has 0 bridgehead atoms. The molecule has 6 aromatic carbocycles. The minimum Gasteiger partial charge on any atom is -0.461 e. The van der Waals surface area contributed by atoms with Crippen LogP contribution in [0.2, 0.25) is 0 Å². The molecule has 0 aromatic heterocycles. The van der Waals surface area contributed by atoms with E-state index in [0.29, 0.717) is 5.56 Å². The lowest BCUT2D eigenvalue weighted by Gasteiger charge is -2.28. The van der Waals surface area contributed by atoms with Crippen molar-refractivity contribution in [2.75, 3.05) is 13.7 Å². The third-order valence-electron chi connectivity index (χ3n) is 8.54. The molecule has 0 heterocycles. The molecule has 0 spiro atoms. The fourth-order valence-electron chi connectivity index (χ4n) is 5.65. The third kappa shape index (κ3) is 9.76. The zero-order valence-corrected chi connectivity index (χ0v) is 30.9. The summed E-state index contributed by atoms with van der Waals surface area (Å²) in [5.41, 5.74) is 6.67. The minimum absolute atomic E-state index is 0.245. The van der Waals surface area contributed by atoms with E-state index in [9.17, 15) is 14.4 Å². The highest BCUT2D eigenvalue weighted by atomic mass is 79.9. The molecule has 3 atom stereocenters. The molecule has 0 aliphatic carbocycles. The molecule has 3 unspecified atom stereocenters. The Morgan fingerprint density at radius 2 is 0.870 bits per heavy atom. The Balaban J connectivity index is 1.21. The van der Waals surface area contributed by atoms with Crippen LogP contribution in [0.5, 0.6) is 0 Å². The SMILES string of the molecule is CON=CC(OC(=O)c1ccc(-c2ccccc2)cc1)C(OC(=O)c1ccc(-c2ccccc2)cc1)C(Br)COC(=O)c1ccc(-c2ccccc2)cc1. The van der Waals surface area contributed by atoms with Crippen molar-refractivity contribution in [1.29, 1.82) is 0 Å². The van der Waals surface area contributed by atoms with E-state index < -0.39 is 34.9 Å². The number of ether oxygens (including phenoxy) is 3. The first-order chi connectivity index (χ1) is 26.4. The van der Waals surface area contributed by atoms with Gasteiger partial charge in [-0.2, -0.15) is 0 Å². The number of carbonyl (C=O) groups excluding carboxylic acids is 3. The number of benzene rings is 6. The van der Waals surface area contributed by atoms with E-state index in [1.54, 1.807) is 36.4 Å². The van der Waals surface area contributed by atoms with Gasteiger partial charge in [0.1, 0.15) is 13.7 Å². The molecular weight excluding hydrogens is 746 g/mol. The molecule has 270 valence electrons. The lowest BCUT2D eigenvalue weighted by Crippen LogP contribution is -2.44. The van der Waals surface area contributed by atoms with Crippen molar-refractivity contribution in [3.05, 3.63) is 180 Å². The fraction of sp³-hybridized carbons (Fsp3) is 0.111. The molecule has 0 saturated carbocycles. The maximum Gasteiger partial charge on any atom is 0.338 e. The van der Waals surface area contributed by atoms with Gasteiger partial charge in [0.2, 0.25) is 0 Å². The van der Waals surface area contributed by atoms with Crippen molar-refractivity contribution < 1.29 is 33.4 Å². The van der Waals surface area contributed by atoms with E-state index in [1.807, 2.05) is 127 Å². The quantitative estimate of drug-likeness (QED) is 0.0357. The van der Waals surface area contributed by atoms with Gasteiger partial charge in [-0.25, -0.2) is 14.4 Å². The summed E-state index contributed by atoms with van der Waals surface area (Å²) in [4.78, 5) is 44.4. The van der Waals surface area contributed by atoms with Gasteiger partial charge in [-0.15, -0.1) is 0 Å². The molecule has 9 heteroatoms. The second-order valence-electron chi connectivity index (χ2n) is 12.1. The molecule has 54 heavy (non-hydrogen) atoms. The van der Waals surface area contributed by atoms with Crippen molar-refractivity contribution in [2.24, 2.45) is 5.16 Å². The summed E-state index contributed by atoms with van der Waals surface area (Å²) in [5.74, 6) is -1.96. The van der Waals surface area contributed by atoms with E-state index in [-0.39, 0.29) is 17.7 Å². The second kappa shape index (κ2) is 18.4. The van der Waals surface area contributed by atoms with Gasteiger partial charge >= 0.3 is 17.9 Å². The molecule has 0 N–H and O–H groups in total. The van der Waals surface area contributed by atoms with Gasteiger partial charge in [0.15, 0.2) is 12.2 Å². The normalized spacial score (nSPS) is 12.6. The van der Waals surface area contributed by atoms with Crippen LogP contribution < -0.4 is 0 Å². The van der Waals surface area contributed by atoms with Crippen LogP contribution in [-0.2, 0) is 19.0 Å². The maximum atomic E-state index is 13.7. The lowest BCUT2D eigenvalue weighted by atomic mass is 10.0. The predicted octanol–water partition coefficient (Wildman–Crippen LogP) is 9.69. The number of nitrogens with zero attached hydrogens (tertiary/aromatic N) is 1. The number of rotatable bonds is 14. The molecule has 6 aromatic rings. The summed E-state index contributed by atoms with van der Waals surface area (Å²) < 4.78 is 17.6. The highest BCUT2D eigenvalue weighted by Gasteiger charge is 2.36.